The fourth-order valence-corrected chi connectivity index (χ4v) is 4.89. The van der Waals surface area contributed by atoms with Gasteiger partial charge in [-0.05, 0) is 29.7 Å². The number of nitrogens with zero attached hydrogens (tertiary/aromatic N) is 6. The molecule has 1 aliphatic heterocycles. The third-order valence-electron chi connectivity index (χ3n) is 6.35. The number of anilines is 1. The molecule has 0 unspecified atom stereocenters. The fourth-order valence-electron chi connectivity index (χ4n) is 4.60. The van der Waals surface area contributed by atoms with Crippen molar-refractivity contribution in [2.45, 2.75) is 6.54 Å². The van der Waals surface area contributed by atoms with Gasteiger partial charge in [0.15, 0.2) is 0 Å². The molecule has 1 fully saturated rings. The third kappa shape index (κ3) is 3.98. The van der Waals surface area contributed by atoms with Gasteiger partial charge in [0.05, 0.1) is 33.1 Å². The highest BCUT2D eigenvalue weighted by atomic mass is 35.5. The maximum absolute atomic E-state index is 6.15. The van der Waals surface area contributed by atoms with E-state index < -0.39 is 0 Å². The summed E-state index contributed by atoms with van der Waals surface area (Å²) in [5.74, 6) is 1.07. The molecule has 8 heteroatoms. The Labute approximate surface area is 207 Å². The molecule has 6 nitrogen and oxygen atoms in total. The Bertz CT molecular complexity index is 1490. The quantitative estimate of drug-likeness (QED) is 0.308. The summed E-state index contributed by atoms with van der Waals surface area (Å²) >= 11 is 12.2. The number of halogens is 2. The number of fused-ring (bicyclic) bond motifs is 3. The highest BCUT2D eigenvalue weighted by molar-refractivity contribution is 6.42. The van der Waals surface area contributed by atoms with Crippen molar-refractivity contribution in [1.82, 2.24) is 24.9 Å². The monoisotopic (exact) mass is 488 g/mol. The summed E-state index contributed by atoms with van der Waals surface area (Å²) in [6.45, 7) is 4.44. The van der Waals surface area contributed by atoms with Crippen molar-refractivity contribution in [2.24, 2.45) is 0 Å². The zero-order valence-electron chi connectivity index (χ0n) is 18.4. The molecule has 34 heavy (non-hydrogen) atoms. The molecule has 3 aromatic carbocycles. The molecule has 0 saturated carbocycles. The topological polar surface area (TPSA) is 50.1 Å². The number of hydrogen-bond donors (Lipinski definition) is 0. The van der Waals surface area contributed by atoms with Gasteiger partial charge >= 0.3 is 0 Å². The van der Waals surface area contributed by atoms with Crippen molar-refractivity contribution in [1.29, 1.82) is 0 Å². The molecule has 3 heterocycles. The number of aromatic nitrogens is 4. The van der Waals surface area contributed by atoms with E-state index in [0.29, 0.717) is 10.0 Å². The molecule has 0 atom stereocenters. The van der Waals surface area contributed by atoms with E-state index in [-0.39, 0.29) is 0 Å². The van der Waals surface area contributed by atoms with E-state index in [4.69, 9.17) is 28.2 Å². The Kier molecular flexibility index (Phi) is 5.57. The average molecular weight is 489 g/mol. The van der Waals surface area contributed by atoms with Crippen LogP contribution in [0.5, 0.6) is 0 Å². The lowest BCUT2D eigenvalue weighted by atomic mass is 10.1. The van der Waals surface area contributed by atoms with Gasteiger partial charge in [-0.15, -0.1) is 5.10 Å². The van der Waals surface area contributed by atoms with E-state index in [2.05, 4.69) is 68.6 Å². The van der Waals surface area contributed by atoms with Crippen LogP contribution in [0.15, 0.2) is 72.9 Å². The van der Waals surface area contributed by atoms with Crippen LogP contribution in [-0.4, -0.2) is 51.1 Å². The van der Waals surface area contributed by atoms with Gasteiger partial charge in [-0.3, -0.25) is 4.90 Å². The van der Waals surface area contributed by atoms with Crippen molar-refractivity contribution in [3.8, 4) is 5.69 Å². The minimum Gasteiger partial charge on any atom is -0.354 e. The van der Waals surface area contributed by atoms with Gasteiger partial charge in [0.1, 0.15) is 5.82 Å². The summed E-state index contributed by atoms with van der Waals surface area (Å²) in [6.07, 6.45) is 1.95. The molecule has 170 valence electrons. The van der Waals surface area contributed by atoms with Crippen LogP contribution in [0.25, 0.3) is 27.4 Å². The summed E-state index contributed by atoms with van der Waals surface area (Å²) in [5, 5.41) is 13.3. The van der Waals surface area contributed by atoms with Gasteiger partial charge < -0.3 is 4.90 Å². The Morgan fingerprint density at radius 3 is 2.29 bits per heavy atom. The summed E-state index contributed by atoms with van der Waals surface area (Å²) in [5.41, 5.74) is 2.80. The molecule has 1 aliphatic rings. The number of hydrogen-bond acceptors (Lipinski definition) is 5. The molecule has 0 N–H and O–H groups in total. The van der Waals surface area contributed by atoms with Crippen molar-refractivity contribution in [3.63, 3.8) is 0 Å². The molecule has 5 aromatic rings. The molecule has 0 spiro atoms. The second kappa shape index (κ2) is 8.87. The van der Waals surface area contributed by atoms with Gasteiger partial charge in [-0.25, -0.2) is 9.67 Å². The zero-order valence-corrected chi connectivity index (χ0v) is 19.9. The van der Waals surface area contributed by atoms with Crippen LogP contribution in [0.3, 0.4) is 0 Å². The summed E-state index contributed by atoms with van der Waals surface area (Å²) in [6, 6.07) is 22.4. The first-order valence-corrected chi connectivity index (χ1v) is 12.0. The third-order valence-corrected chi connectivity index (χ3v) is 7.09. The molecule has 1 saturated heterocycles. The lowest BCUT2D eigenvalue weighted by Gasteiger charge is -2.35. The van der Waals surface area contributed by atoms with E-state index in [1.807, 2.05) is 12.3 Å². The van der Waals surface area contributed by atoms with Crippen LogP contribution < -0.4 is 4.90 Å². The van der Waals surface area contributed by atoms with Crippen molar-refractivity contribution in [2.75, 3.05) is 31.1 Å². The highest BCUT2D eigenvalue weighted by Crippen LogP contribution is 2.32. The molecule has 0 aliphatic carbocycles. The maximum Gasteiger partial charge on any atom is 0.137 e. The van der Waals surface area contributed by atoms with E-state index in [0.717, 1.165) is 55.4 Å². The molecular formula is C26H22Cl2N6. The zero-order chi connectivity index (χ0) is 23.1. The molecule has 0 bridgehead atoms. The van der Waals surface area contributed by atoms with Gasteiger partial charge in [-0.2, -0.15) is 0 Å². The number of para-hydroxylation sites is 1. The largest absolute Gasteiger partial charge is 0.354 e. The standard InChI is InChI=1S/C26H22Cl2N6/c27-23-10-9-19(15-24(23)28)34-17-18(30-31-34)16-32-11-13-33(14-12-32)26-22-7-2-1-5-20(22)21-6-3-4-8-25(21)29-26/h1-10,15,17H,11-14,16H2. The second-order valence-electron chi connectivity index (χ2n) is 8.51. The maximum atomic E-state index is 6.15. The first kappa shape index (κ1) is 21.4. The number of benzene rings is 3. The molecule has 2 aromatic heterocycles. The predicted molar refractivity (Wildman–Crippen MR) is 138 cm³/mol. The van der Waals surface area contributed by atoms with Gasteiger partial charge in [0, 0.05) is 43.5 Å². The highest BCUT2D eigenvalue weighted by Gasteiger charge is 2.21. The Morgan fingerprint density at radius 1 is 0.765 bits per heavy atom. The van der Waals surface area contributed by atoms with E-state index in [9.17, 15) is 0 Å². The summed E-state index contributed by atoms with van der Waals surface area (Å²) in [4.78, 5) is 9.85. The van der Waals surface area contributed by atoms with Crippen LogP contribution in [0.1, 0.15) is 5.69 Å². The Balaban J connectivity index is 1.18. The number of pyridine rings is 1. The molecule has 0 radical (unpaired) electrons. The summed E-state index contributed by atoms with van der Waals surface area (Å²) < 4.78 is 1.74. The van der Waals surface area contributed by atoms with Gasteiger partial charge in [0.2, 0.25) is 0 Å². The van der Waals surface area contributed by atoms with Crippen molar-refractivity contribution >= 4 is 50.7 Å². The van der Waals surface area contributed by atoms with Crippen LogP contribution in [0.2, 0.25) is 10.0 Å². The van der Waals surface area contributed by atoms with Gasteiger partial charge in [0.25, 0.3) is 0 Å². The first-order chi connectivity index (χ1) is 16.7. The van der Waals surface area contributed by atoms with Crippen LogP contribution in [-0.2, 0) is 6.54 Å². The van der Waals surface area contributed by atoms with E-state index in [1.165, 1.54) is 16.2 Å². The van der Waals surface area contributed by atoms with Crippen molar-refractivity contribution in [3.05, 3.63) is 88.7 Å². The number of rotatable bonds is 4. The Morgan fingerprint density at radius 2 is 1.50 bits per heavy atom. The Hall–Kier alpha value is -3.19. The minimum absolute atomic E-state index is 0.502. The SMILES string of the molecule is Clc1ccc(-n2cc(CN3CCN(c4nc5ccccc5c5ccccc45)CC3)nn2)cc1Cl. The number of piperazine rings is 1. The first-order valence-electron chi connectivity index (χ1n) is 11.3. The van der Waals surface area contributed by atoms with Gasteiger partial charge in [-0.1, -0.05) is 70.9 Å². The van der Waals surface area contributed by atoms with E-state index >= 15 is 0 Å². The normalized spacial score (nSPS) is 14.8. The second-order valence-corrected chi connectivity index (χ2v) is 9.33. The smallest absolute Gasteiger partial charge is 0.137 e. The average Bonchev–Trinajstić information content (AvgIpc) is 3.34. The molecule has 6 rings (SSSR count). The lowest BCUT2D eigenvalue weighted by molar-refractivity contribution is 0.246. The van der Waals surface area contributed by atoms with Crippen LogP contribution in [0.4, 0.5) is 5.82 Å². The van der Waals surface area contributed by atoms with Crippen molar-refractivity contribution < 1.29 is 0 Å². The van der Waals surface area contributed by atoms with Crippen LogP contribution >= 0.6 is 23.2 Å². The molecule has 0 amide bonds. The van der Waals surface area contributed by atoms with Crippen LogP contribution in [0, 0.1) is 0 Å². The fraction of sp³-hybridized carbons (Fsp3) is 0.192. The summed E-state index contributed by atoms with van der Waals surface area (Å²) in [7, 11) is 0. The molecular weight excluding hydrogens is 467 g/mol. The van der Waals surface area contributed by atoms with E-state index in [1.54, 1.807) is 16.8 Å². The predicted octanol–water partition coefficient (Wildman–Crippen LogP) is 5.60. The lowest BCUT2D eigenvalue weighted by Crippen LogP contribution is -2.46. The minimum atomic E-state index is 0.502.